The predicted molar refractivity (Wildman–Crippen MR) is 230 cm³/mol. The van der Waals surface area contributed by atoms with Gasteiger partial charge in [-0.2, -0.15) is 0 Å². The lowest BCUT2D eigenvalue weighted by atomic mass is 9.79. The molecule has 0 bridgehead atoms. The fourth-order valence-corrected chi connectivity index (χ4v) is 10.1. The molecule has 0 saturated carbocycles. The SMILES string of the molecule is C[N+]1=C(C=C2N(Cc3ccc(CN4C(=CC5=[N+](C)c6ncccc6C5(C)C)C(C)(C)c5ccccc54)cc3)c3ccccc3C2(C)C)C(C)(C)c2cccnc21. The first-order chi connectivity index (χ1) is 26.6. The van der Waals surface area contributed by atoms with E-state index in [0.29, 0.717) is 0 Å². The van der Waals surface area contributed by atoms with Crippen LogP contribution in [0, 0.1) is 0 Å². The lowest BCUT2D eigenvalue weighted by molar-refractivity contribution is -0.406. The van der Waals surface area contributed by atoms with Crippen LogP contribution in [0.25, 0.3) is 0 Å². The summed E-state index contributed by atoms with van der Waals surface area (Å²) < 4.78 is 4.57. The van der Waals surface area contributed by atoms with E-state index >= 15 is 0 Å². The average Bonchev–Trinajstić information content (AvgIpc) is 3.70. The molecular formula is C50H54N6+2. The summed E-state index contributed by atoms with van der Waals surface area (Å²) in [5.74, 6) is 2.09. The topological polar surface area (TPSA) is 38.3 Å². The Bertz CT molecular complexity index is 2380. The second-order valence-electron chi connectivity index (χ2n) is 18.2. The van der Waals surface area contributed by atoms with E-state index in [2.05, 4.69) is 198 Å². The minimum absolute atomic E-state index is 0.165. The lowest BCUT2D eigenvalue weighted by Gasteiger charge is -2.29. The molecule has 0 atom stereocenters. The lowest BCUT2D eigenvalue weighted by Crippen LogP contribution is -2.32. The molecule has 6 heterocycles. The standard InChI is InChI=1S/C50H54N6/c1-47(2)35-17-11-13-21-39(35)55(43(47)29-41-49(5,6)37-19-15-27-51-45(37)53(41)9)31-33-23-25-34(26-24-33)32-56-40-22-14-12-18-36(40)48(3,4)44(56)30-42-50(7,8)38-20-16-28-52-46(38)54(42)10/h11-30H,31-32H2,1-10H3/q+2. The molecule has 5 aromatic rings. The third kappa shape index (κ3) is 5.21. The number of para-hydroxylation sites is 2. The van der Waals surface area contributed by atoms with Crippen LogP contribution >= 0.6 is 0 Å². The zero-order valence-corrected chi connectivity index (χ0v) is 34.6. The Morgan fingerprint density at radius 2 is 0.821 bits per heavy atom. The number of fused-ring (bicyclic) bond motifs is 4. The van der Waals surface area contributed by atoms with Crippen molar-refractivity contribution < 1.29 is 9.15 Å². The van der Waals surface area contributed by atoms with Gasteiger partial charge in [-0.25, -0.2) is 9.15 Å². The molecule has 0 spiro atoms. The highest BCUT2D eigenvalue weighted by atomic mass is 15.2. The zero-order valence-electron chi connectivity index (χ0n) is 34.6. The van der Waals surface area contributed by atoms with E-state index in [4.69, 9.17) is 9.97 Å². The van der Waals surface area contributed by atoms with Gasteiger partial charge in [-0.1, -0.05) is 88.4 Å². The minimum atomic E-state index is -0.168. The summed E-state index contributed by atoms with van der Waals surface area (Å²) in [4.78, 5) is 14.7. The number of benzene rings is 3. The van der Waals surface area contributed by atoms with Gasteiger partial charge in [-0.05, 0) is 96.3 Å². The first kappa shape index (κ1) is 36.0. The van der Waals surface area contributed by atoms with Gasteiger partial charge in [0.05, 0.1) is 36.1 Å². The molecule has 9 rings (SSSR count). The van der Waals surface area contributed by atoms with Gasteiger partial charge >= 0.3 is 11.6 Å². The Hall–Kier alpha value is -5.62. The van der Waals surface area contributed by atoms with Gasteiger partial charge in [-0.3, -0.25) is 0 Å². The van der Waals surface area contributed by atoms with Crippen LogP contribution in [0.3, 0.4) is 0 Å². The van der Waals surface area contributed by atoms with Crippen molar-refractivity contribution >= 4 is 34.4 Å². The monoisotopic (exact) mass is 738 g/mol. The molecule has 56 heavy (non-hydrogen) atoms. The predicted octanol–water partition coefficient (Wildman–Crippen LogP) is 10.3. The normalized spacial score (nSPS) is 20.9. The molecule has 4 aliphatic rings. The number of hydrogen-bond donors (Lipinski definition) is 0. The summed E-state index contributed by atoms with van der Waals surface area (Å²) in [5, 5.41) is 0. The van der Waals surface area contributed by atoms with Crippen molar-refractivity contribution in [2.45, 2.75) is 90.1 Å². The van der Waals surface area contributed by atoms with Crippen molar-refractivity contribution in [2.75, 3.05) is 23.9 Å². The average molecular weight is 739 g/mol. The molecular weight excluding hydrogens is 685 g/mol. The quantitative estimate of drug-likeness (QED) is 0.163. The van der Waals surface area contributed by atoms with E-state index in [1.165, 1.54) is 67.6 Å². The Kier molecular flexibility index (Phi) is 8.01. The summed E-state index contributed by atoms with van der Waals surface area (Å²) in [6.07, 6.45) is 8.70. The third-order valence-electron chi connectivity index (χ3n) is 13.4. The van der Waals surface area contributed by atoms with Crippen LogP contribution in [0.2, 0.25) is 0 Å². The maximum atomic E-state index is 4.79. The fourth-order valence-electron chi connectivity index (χ4n) is 10.1. The van der Waals surface area contributed by atoms with Crippen molar-refractivity contribution in [3.63, 3.8) is 0 Å². The second-order valence-corrected chi connectivity index (χ2v) is 18.2. The molecule has 0 fully saturated rings. The van der Waals surface area contributed by atoms with Crippen LogP contribution < -0.4 is 9.80 Å². The number of hydrogen-bond acceptors (Lipinski definition) is 4. The van der Waals surface area contributed by atoms with Crippen LogP contribution in [0.1, 0.15) is 88.8 Å². The van der Waals surface area contributed by atoms with E-state index in [-0.39, 0.29) is 21.7 Å². The van der Waals surface area contributed by atoms with E-state index < -0.39 is 0 Å². The maximum absolute atomic E-state index is 4.79. The third-order valence-corrected chi connectivity index (χ3v) is 13.4. The number of aromatic nitrogens is 2. The fraction of sp³-hybridized carbons (Fsp3) is 0.320. The molecule has 2 aromatic heterocycles. The summed E-state index contributed by atoms with van der Waals surface area (Å²) in [5.41, 5.74) is 14.9. The number of rotatable bonds is 6. The van der Waals surface area contributed by atoms with Gasteiger partial charge in [-0.15, -0.1) is 0 Å². The molecule has 6 heteroatoms. The number of allylic oxidation sites excluding steroid dienone is 4. The van der Waals surface area contributed by atoms with Crippen molar-refractivity contribution in [3.8, 4) is 0 Å². The Morgan fingerprint density at radius 1 is 0.464 bits per heavy atom. The number of nitrogens with zero attached hydrogens (tertiary/aromatic N) is 6. The van der Waals surface area contributed by atoms with Crippen LogP contribution in [-0.4, -0.2) is 44.6 Å². The van der Waals surface area contributed by atoms with Crippen molar-refractivity contribution in [3.05, 3.63) is 166 Å². The van der Waals surface area contributed by atoms with Gasteiger partial charge in [0.1, 0.15) is 23.8 Å². The van der Waals surface area contributed by atoms with Crippen LogP contribution in [0.5, 0.6) is 0 Å². The van der Waals surface area contributed by atoms with E-state index in [0.717, 1.165) is 24.7 Å². The molecule has 0 radical (unpaired) electrons. The smallest absolute Gasteiger partial charge is 0.327 e. The van der Waals surface area contributed by atoms with Gasteiger partial charge in [0.2, 0.25) is 0 Å². The molecule has 0 N–H and O–H groups in total. The second kappa shape index (κ2) is 12.4. The first-order valence-electron chi connectivity index (χ1n) is 20.0. The highest BCUT2D eigenvalue weighted by Crippen LogP contribution is 2.51. The van der Waals surface area contributed by atoms with Gasteiger partial charge in [0.15, 0.2) is 0 Å². The van der Waals surface area contributed by atoms with E-state index in [1.807, 2.05) is 12.4 Å². The maximum Gasteiger partial charge on any atom is 0.327 e. The molecule has 282 valence electrons. The van der Waals surface area contributed by atoms with Crippen molar-refractivity contribution in [1.29, 1.82) is 0 Å². The van der Waals surface area contributed by atoms with Crippen LogP contribution in [-0.2, 0) is 34.7 Å². The summed E-state index contributed by atoms with van der Waals surface area (Å²) in [6, 6.07) is 35.8. The Morgan fingerprint density at radius 3 is 1.20 bits per heavy atom. The molecule has 6 nitrogen and oxygen atoms in total. The van der Waals surface area contributed by atoms with E-state index in [9.17, 15) is 0 Å². The molecule has 0 amide bonds. The molecule has 0 aliphatic carbocycles. The Balaban J connectivity index is 1.05. The number of anilines is 2. The van der Waals surface area contributed by atoms with Crippen LogP contribution in [0.4, 0.5) is 23.0 Å². The summed E-state index contributed by atoms with van der Waals surface area (Å²) in [6.45, 7) is 20.3. The van der Waals surface area contributed by atoms with Gasteiger partial charge in [0.25, 0.3) is 0 Å². The van der Waals surface area contributed by atoms with Crippen molar-refractivity contribution in [2.24, 2.45) is 0 Å². The van der Waals surface area contributed by atoms with Gasteiger partial charge < -0.3 is 9.80 Å². The molecule has 0 saturated heterocycles. The van der Waals surface area contributed by atoms with Gasteiger partial charge in [0, 0.05) is 58.8 Å². The van der Waals surface area contributed by atoms with Crippen molar-refractivity contribution in [1.82, 2.24) is 9.97 Å². The highest BCUT2D eigenvalue weighted by molar-refractivity contribution is 6.05. The molecule has 3 aromatic carbocycles. The first-order valence-corrected chi connectivity index (χ1v) is 20.0. The Labute approximate surface area is 332 Å². The highest BCUT2D eigenvalue weighted by Gasteiger charge is 2.48. The summed E-state index contributed by atoms with van der Waals surface area (Å²) >= 11 is 0. The van der Waals surface area contributed by atoms with E-state index in [1.54, 1.807) is 0 Å². The summed E-state index contributed by atoms with van der Waals surface area (Å²) in [7, 11) is 4.32. The molecule has 4 aliphatic heterocycles. The number of pyridine rings is 2. The zero-order chi connectivity index (χ0) is 39.4. The van der Waals surface area contributed by atoms with Crippen LogP contribution in [0.15, 0.2) is 133 Å². The largest absolute Gasteiger partial charge is 0.339 e. The minimum Gasteiger partial charge on any atom is -0.339 e. The molecule has 0 unspecified atom stereocenters.